The van der Waals surface area contributed by atoms with E-state index >= 15 is 0 Å². The van der Waals surface area contributed by atoms with Crippen molar-refractivity contribution in [3.8, 4) is 5.75 Å². The Labute approximate surface area is 92.3 Å². The number of aromatic amines is 1. The maximum atomic E-state index is 12.2. The van der Waals surface area contributed by atoms with Gasteiger partial charge in [-0.25, -0.2) is 4.98 Å². The molecule has 2 heterocycles. The summed E-state index contributed by atoms with van der Waals surface area (Å²) < 4.78 is 5.55. The van der Waals surface area contributed by atoms with Gasteiger partial charge in [0.1, 0.15) is 24.1 Å². The summed E-state index contributed by atoms with van der Waals surface area (Å²) in [5.41, 5.74) is 0.634. The van der Waals surface area contributed by atoms with E-state index in [1.807, 2.05) is 18.2 Å². The molecule has 1 aromatic carbocycles. The van der Waals surface area contributed by atoms with Gasteiger partial charge in [0.25, 0.3) is 0 Å². The minimum atomic E-state index is -0.315. The molecule has 1 N–H and O–H groups in total. The minimum Gasteiger partial charge on any atom is -0.492 e. The first kappa shape index (κ1) is 9.15. The average molecular weight is 214 g/mol. The van der Waals surface area contributed by atoms with Crippen LogP contribution in [0.5, 0.6) is 5.75 Å². The number of carbonyl (C=O) groups is 1. The van der Waals surface area contributed by atoms with Gasteiger partial charge in [0.05, 0.1) is 5.56 Å². The van der Waals surface area contributed by atoms with Gasteiger partial charge in [0, 0.05) is 12.4 Å². The number of nitrogens with one attached hydrogen (secondary N) is 1. The zero-order valence-corrected chi connectivity index (χ0v) is 8.51. The van der Waals surface area contributed by atoms with Gasteiger partial charge in [-0.15, -0.1) is 0 Å². The van der Waals surface area contributed by atoms with Crippen molar-refractivity contribution in [3.05, 3.63) is 48.0 Å². The number of fused-ring (bicyclic) bond motifs is 1. The number of rotatable bonds is 1. The van der Waals surface area contributed by atoms with Gasteiger partial charge in [-0.3, -0.25) is 4.79 Å². The van der Waals surface area contributed by atoms with E-state index in [0.29, 0.717) is 23.7 Å². The van der Waals surface area contributed by atoms with Crippen LogP contribution in [0.3, 0.4) is 0 Å². The van der Waals surface area contributed by atoms with Crippen LogP contribution in [0.25, 0.3) is 0 Å². The highest BCUT2D eigenvalue weighted by molar-refractivity contribution is 6.03. The van der Waals surface area contributed by atoms with E-state index in [-0.39, 0.29) is 11.7 Å². The number of benzene rings is 1. The summed E-state index contributed by atoms with van der Waals surface area (Å²) >= 11 is 0. The molecule has 0 saturated carbocycles. The fourth-order valence-electron chi connectivity index (χ4n) is 1.90. The molecule has 16 heavy (non-hydrogen) atoms. The first-order chi connectivity index (χ1) is 7.86. The molecule has 4 heteroatoms. The summed E-state index contributed by atoms with van der Waals surface area (Å²) in [6, 6.07) is 7.29. The minimum absolute atomic E-state index is 0.0665. The molecular formula is C12H10N2O2. The highest BCUT2D eigenvalue weighted by Gasteiger charge is 2.31. The van der Waals surface area contributed by atoms with Crippen molar-refractivity contribution in [2.45, 2.75) is 5.92 Å². The molecule has 80 valence electrons. The van der Waals surface area contributed by atoms with Crippen LogP contribution < -0.4 is 4.74 Å². The molecule has 0 bridgehead atoms. The van der Waals surface area contributed by atoms with Crippen LogP contribution in [-0.2, 0) is 0 Å². The molecule has 0 fully saturated rings. The summed E-state index contributed by atoms with van der Waals surface area (Å²) in [5.74, 6) is 1.08. The smallest absolute Gasteiger partial charge is 0.180 e. The average Bonchev–Trinajstić information content (AvgIpc) is 2.83. The van der Waals surface area contributed by atoms with Crippen molar-refractivity contribution in [1.29, 1.82) is 0 Å². The molecule has 4 nitrogen and oxygen atoms in total. The van der Waals surface area contributed by atoms with E-state index in [4.69, 9.17) is 4.74 Å². The van der Waals surface area contributed by atoms with E-state index in [9.17, 15) is 4.79 Å². The molecule has 1 aliphatic rings. The van der Waals surface area contributed by atoms with Gasteiger partial charge in [0.2, 0.25) is 0 Å². The Kier molecular flexibility index (Phi) is 1.99. The summed E-state index contributed by atoms with van der Waals surface area (Å²) in [7, 11) is 0. The highest BCUT2D eigenvalue weighted by Crippen LogP contribution is 2.30. The van der Waals surface area contributed by atoms with Crippen LogP contribution in [0.4, 0.5) is 0 Å². The number of Topliss-reactive ketones (excluding diaryl/α,β-unsaturated/α-hetero) is 1. The van der Waals surface area contributed by atoms with E-state index in [1.54, 1.807) is 18.5 Å². The van der Waals surface area contributed by atoms with Crippen molar-refractivity contribution in [3.63, 3.8) is 0 Å². The summed E-state index contributed by atoms with van der Waals surface area (Å²) in [5, 5.41) is 0. The Hall–Kier alpha value is -2.10. The van der Waals surface area contributed by atoms with Crippen molar-refractivity contribution in [2.24, 2.45) is 0 Å². The molecule has 2 aromatic rings. The van der Waals surface area contributed by atoms with Gasteiger partial charge in [-0.05, 0) is 12.1 Å². The quantitative estimate of drug-likeness (QED) is 0.787. The Morgan fingerprint density at radius 2 is 2.25 bits per heavy atom. The van der Waals surface area contributed by atoms with Crippen LogP contribution in [0.2, 0.25) is 0 Å². The highest BCUT2D eigenvalue weighted by atomic mass is 16.5. The number of nitrogens with zero attached hydrogens (tertiary/aromatic N) is 1. The fraction of sp³-hybridized carbons (Fsp3) is 0.167. The van der Waals surface area contributed by atoms with Gasteiger partial charge in [0.15, 0.2) is 5.78 Å². The number of imidazole rings is 1. The predicted molar refractivity (Wildman–Crippen MR) is 57.6 cm³/mol. The van der Waals surface area contributed by atoms with Crippen molar-refractivity contribution in [1.82, 2.24) is 9.97 Å². The molecule has 0 aliphatic carbocycles. The maximum absolute atomic E-state index is 12.2. The van der Waals surface area contributed by atoms with Gasteiger partial charge in [-0.1, -0.05) is 12.1 Å². The fourth-order valence-corrected chi connectivity index (χ4v) is 1.90. The second-order valence-electron chi connectivity index (χ2n) is 3.70. The van der Waals surface area contributed by atoms with Crippen LogP contribution >= 0.6 is 0 Å². The van der Waals surface area contributed by atoms with E-state index in [1.165, 1.54) is 0 Å². The van der Waals surface area contributed by atoms with Crippen LogP contribution in [0.15, 0.2) is 36.7 Å². The third-order valence-corrected chi connectivity index (χ3v) is 2.72. The zero-order valence-electron chi connectivity index (χ0n) is 8.51. The first-order valence-electron chi connectivity index (χ1n) is 5.11. The van der Waals surface area contributed by atoms with E-state index in [2.05, 4.69) is 9.97 Å². The number of hydrogen-bond donors (Lipinski definition) is 1. The van der Waals surface area contributed by atoms with E-state index < -0.39 is 0 Å². The van der Waals surface area contributed by atoms with Gasteiger partial charge < -0.3 is 9.72 Å². The lowest BCUT2D eigenvalue weighted by Gasteiger charge is -2.22. The zero-order chi connectivity index (χ0) is 11.0. The van der Waals surface area contributed by atoms with Crippen LogP contribution in [0, 0.1) is 0 Å². The molecular weight excluding hydrogens is 204 g/mol. The topological polar surface area (TPSA) is 55.0 Å². The predicted octanol–water partition coefficient (Wildman–Crippen LogP) is 1.77. The summed E-state index contributed by atoms with van der Waals surface area (Å²) in [4.78, 5) is 19.2. The number of para-hydroxylation sites is 1. The third-order valence-electron chi connectivity index (χ3n) is 2.72. The molecule has 0 saturated heterocycles. The normalized spacial score (nSPS) is 19.0. The van der Waals surface area contributed by atoms with Gasteiger partial charge in [-0.2, -0.15) is 0 Å². The SMILES string of the molecule is O=C1c2ccccc2OCC1c1ncc[nH]1. The molecule has 1 aliphatic heterocycles. The second kappa shape index (κ2) is 3.48. The number of ketones is 1. The molecule has 1 atom stereocenters. The molecule has 1 aromatic heterocycles. The number of carbonyl (C=O) groups excluding carboxylic acids is 1. The van der Waals surface area contributed by atoms with Gasteiger partial charge >= 0.3 is 0 Å². The lowest BCUT2D eigenvalue weighted by atomic mass is 9.94. The van der Waals surface area contributed by atoms with Crippen molar-refractivity contribution < 1.29 is 9.53 Å². The lowest BCUT2D eigenvalue weighted by molar-refractivity contribution is 0.0891. The molecule has 3 rings (SSSR count). The van der Waals surface area contributed by atoms with Crippen LogP contribution in [0.1, 0.15) is 22.1 Å². The maximum Gasteiger partial charge on any atom is 0.180 e. The largest absolute Gasteiger partial charge is 0.492 e. The van der Waals surface area contributed by atoms with Crippen molar-refractivity contribution in [2.75, 3.05) is 6.61 Å². The second-order valence-corrected chi connectivity index (χ2v) is 3.70. The third kappa shape index (κ3) is 1.31. The number of ether oxygens (including phenoxy) is 1. The standard InChI is InChI=1S/C12H10N2O2/c15-11-8-3-1-2-4-10(8)16-7-9(11)12-13-5-6-14-12/h1-6,9H,7H2,(H,13,14). The molecule has 0 amide bonds. The Balaban J connectivity index is 2.01. The molecule has 0 spiro atoms. The number of hydrogen-bond acceptors (Lipinski definition) is 3. The summed E-state index contributed by atoms with van der Waals surface area (Å²) in [6.07, 6.45) is 3.35. The van der Waals surface area contributed by atoms with Crippen LogP contribution in [-0.4, -0.2) is 22.4 Å². The molecule has 0 radical (unpaired) electrons. The number of aromatic nitrogens is 2. The van der Waals surface area contributed by atoms with E-state index in [0.717, 1.165) is 0 Å². The Morgan fingerprint density at radius 3 is 3.06 bits per heavy atom. The Morgan fingerprint density at radius 1 is 1.38 bits per heavy atom. The number of H-pyrrole nitrogens is 1. The monoisotopic (exact) mass is 214 g/mol. The summed E-state index contributed by atoms with van der Waals surface area (Å²) in [6.45, 7) is 0.351. The molecule has 1 unspecified atom stereocenters. The van der Waals surface area contributed by atoms with Crippen molar-refractivity contribution >= 4 is 5.78 Å². The lowest BCUT2D eigenvalue weighted by Crippen LogP contribution is -2.26. The Bertz CT molecular complexity index is 520. The first-order valence-corrected chi connectivity index (χ1v) is 5.11.